The van der Waals surface area contributed by atoms with Crippen molar-refractivity contribution in [1.29, 1.82) is 0 Å². The lowest BCUT2D eigenvalue weighted by atomic mass is 9.92. The highest BCUT2D eigenvalue weighted by Gasteiger charge is 2.23. The van der Waals surface area contributed by atoms with Crippen molar-refractivity contribution in [3.63, 3.8) is 0 Å². The van der Waals surface area contributed by atoms with Crippen molar-refractivity contribution >= 4 is 29.2 Å². The van der Waals surface area contributed by atoms with Crippen LogP contribution in [0.25, 0.3) is 5.69 Å². The number of para-hydroxylation sites is 1. The van der Waals surface area contributed by atoms with Crippen molar-refractivity contribution in [2.24, 2.45) is 0 Å². The van der Waals surface area contributed by atoms with Gasteiger partial charge in [-0.1, -0.05) is 71.2 Å². The minimum atomic E-state index is -0.241. The second kappa shape index (κ2) is 11.3. The number of nitrogens with one attached hydrogen (secondary N) is 1. The number of halogens is 1. The van der Waals surface area contributed by atoms with Crippen LogP contribution in [0.3, 0.4) is 0 Å². The van der Waals surface area contributed by atoms with E-state index >= 15 is 0 Å². The lowest BCUT2D eigenvalue weighted by molar-refractivity contribution is -0.134. The third-order valence-corrected chi connectivity index (χ3v) is 5.33. The molecule has 1 aromatic heterocycles. The normalized spacial score (nSPS) is 11.4. The van der Waals surface area contributed by atoms with Crippen LogP contribution < -0.4 is 5.32 Å². The Hall–Kier alpha value is -2.34. The molecule has 2 rings (SSSR count). The summed E-state index contributed by atoms with van der Waals surface area (Å²) in [6, 6.07) is 9.26. The predicted molar refractivity (Wildman–Crippen MR) is 127 cm³/mol. The van der Waals surface area contributed by atoms with E-state index in [-0.39, 0.29) is 23.8 Å². The molecule has 0 atom stereocenters. The molecular weight excluding hydrogens is 412 g/mol. The van der Waals surface area contributed by atoms with Gasteiger partial charge in [0.2, 0.25) is 11.8 Å². The van der Waals surface area contributed by atoms with Crippen LogP contribution in [0.1, 0.15) is 72.4 Å². The van der Waals surface area contributed by atoms with Crippen LogP contribution in [0, 0.1) is 0 Å². The van der Waals surface area contributed by atoms with Gasteiger partial charge in [0.1, 0.15) is 5.82 Å². The van der Waals surface area contributed by atoms with Crippen LogP contribution in [-0.2, 0) is 15.0 Å². The van der Waals surface area contributed by atoms with Crippen molar-refractivity contribution in [1.82, 2.24) is 14.7 Å². The summed E-state index contributed by atoms with van der Waals surface area (Å²) >= 11 is 6.40. The molecule has 7 heteroatoms. The Morgan fingerprint density at radius 3 is 2.45 bits per heavy atom. The van der Waals surface area contributed by atoms with Crippen molar-refractivity contribution in [3.05, 3.63) is 41.0 Å². The molecule has 0 aliphatic heterocycles. The molecule has 0 radical (unpaired) electrons. The second-order valence-electron chi connectivity index (χ2n) is 8.85. The van der Waals surface area contributed by atoms with Crippen LogP contribution in [0.2, 0.25) is 5.02 Å². The van der Waals surface area contributed by atoms with Crippen LogP contribution in [0.15, 0.2) is 30.3 Å². The highest BCUT2D eigenvalue weighted by molar-refractivity contribution is 6.32. The number of carbonyl (C=O) groups is 2. The summed E-state index contributed by atoms with van der Waals surface area (Å²) < 4.78 is 1.66. The van der Waals surface area contributed by atoms with Crippen molar-refractivity contribution in [2.75, 3.05) is 18.4 Å². The molecule has 0 unspecified atom stereocenters. The molecule has 170 valence electrons. The second-order valence-corrected chi connectivity index (χ2v) is 9.26. The minimum Gasteiger partial charge on any atom is -0.333 e. The molecule has 0 fully saturated rings. The molecule has 2 aromatic rings. The lowest BCUT2D eigenvalue weighted by Crippen LogP contribution is -2.38. The van der Waals surface area contributed by atoms with Crippen LogP contribution in [-0.4, -0.2) is 39.6 Å². The maximum atomic E-state index is 12.9. The van der Waals surface area contributed by atoms with Crippen LogP contribution >= 0.6 is 11.6 Å². The van der Waals surface area contributed by atoms with Gasteiger partial charge in [-0.25, -0.2) is 4.68 Å². The van der Waals surface area contributed by atoms with E-state index in [0.717, 1.165) is 31.4 Å². The number of aromatic nitrogens is 2. The van der Waals surface area contributed by atoms with E-state index in [4.69, 9.17) is 16.7 Å². The molecule has 1 aromatic carbocycles. The summed E-state index contributed by atoms with van der Waals surface area (Å²) in [6.45, 7) is 10.9. The molecule has 31 heavy (non-hydrogen) atoms. The van der Waals surface area contributed by atoms with E-state index < -0.39 is 0 Å². The number of carbonyl (C=O) groups excluding carboxylic acids is 2. The Morgan fingerprint density at radius 1 is 1.13 bits per heavy atom. The summed E-state index contributed by atoms with van der Waals surface area (Å²) in [4.78, 5) is 27.1. The third-order valence-electron chi connectivity index (χ3n) is 5.01. The average molecular weight is 447 g/mol. The molecule has 1 N–H and O–H groups in total. The van der Waals surface area contributed by atoms with Gasteiger partial charge >= 0.3 is 0 Å². The molecule has 0 saturated carbocycles. The van der Waals surface area contributed by atoms with Gasteiger partial charge in [0, 0.05) is 24.4 Å². The number of hydrogen-bond acceptors (Lipinski definition) is 3. The summed E-state index contributed by atoms with van der Waals surface area (Å²) in [5.41, 5.74) is 1.33. The van der Waals surface area contributed by atoms with E-state index in [1.165, 1.54) is 0 Å². The number of amides is 2. The van der Waals surface area contributed by atoms with Gasteiger partial charge in [0.25, 0.3) is 0 Å². The lowest BCUT2D eigenvalue weighted by Gasteiger charge is -2.22. The first-order chi connectivity index (χ1) is 14.7. The fourth-order valence-electron chi connectivity index (χ4n) is 3.22. The summed E-state index contributed by atoms with van der Waals surface area (Å²) in [6.07, 6.45) is 4.20. The predicted octanol–water partition coefficient (Wildman–Crippen LogP) is 5.58. The minimum absolute atomic E-state index is 0.0174. The van der Waals surface area contributed by atoms with E-state index in [0.29, 0.717) is 29.5 Å². The fraction of sp³-hybridized carbons (Fsp3) is 0.542. The Kier molecular flexibility index (Phi) is 9.11. The Balaban J connectivity index is 2.26. The number of anilines is 1. The van der Waals surface area contributed by atoms with Gasteiger partial charge in [-0.3, -0.25) is 9.59 Å². The van der Waals surface area contributed by atoms with Crippen LogP contribution in [0.4, 0.5) is 5.82 Å². The fourth-order valence-corrected chi connectivity index (χ4v) is 3.43. The summed E-state index contributed by atoms with van der Waals surface area (Å²) in [5, 5.41) is 8.21. The van der Waals surface area contributed by atoms with Gasteiger partial charge in [0.15, 0.2) is 0 Å². The SMILES string of the molecule is CCCCCN(CC(=O)Nc1cc(C(C)(C)C)nn1-c1ccccc1Cl)C(=O)CCC. The molecule has 0 saturated heterocycles. The number of rotatable bonds is 10. The first kappa shape index (κ1) is 24.9. The zero-order chi connectivity index (χ0) is 23.0. The van der Waals surface area contributed by atoms with Crippen molar-refractivity contribution < 1.29 is 9.59 Å². The van der Waals surface area contributed by atoms with Gasteiger partial charge < -0.3 is 10.2 Å². The van der Waals surface area contributed by atoms with Crippen LogP contribution in [0.5, 0.6) is 0 Å². The van der Waals surface area contributed by atoms with Gasteiger partial charge in [0.05, 0.1) is 22.9 Å². The first-order valence-electron chi connectivity index (χ1n) is 11.1. The van der Waals surface area contributed by atoms with Gasteiger partial charge in [-0.15, -0.1) is 0 Å². The summed E-state index contributed by atoms with van der Waals surface area (Å²) in [5.74, 6) is 0.317. The largest absolute Gasteiger partial charge is 0.333 e. The quantitative estimate of drug-likeness (QED) is 0.484. The Morgan fingerprint density at radius 2 is 1.84 bits per heavy atom. The maximum Gasteiger partial charge on any atom is 0.245 e. The zero-order valence-electron chi connectivity index (χ0n) is 19.4. The topological polar surface area (TPSA) is 67.2 Å². The van der Waals surface area contributed by atoms with E-state index in [1.807, 2.05) is 31.2 Å². The van der Waals surface area contributed by atoms with E-state index in [1.54, 1.807) is 15.6 Å². The Labute approximate surface area is 191 Å². The molecule has 2 amide bonds. The number of unbranched alkanes of at least 4 members (excludes halogenated alkanes) is 2. The zero-order valence-corrected chi connectivity index (χ0v) is 20.1. The highest BCUT2D eigenvalue weighted by atomic mass is 35.5. The first-order valence-corrected chi connectivity index (χ1v) is 11.5. The number of hydrogen-bond donors (Lipinski definition) is 1. The Bertz CT molecular complexity index is 886. The molecule has 6 nitrogen and oxygen atoms in total. The van der Waals surface area contributed by atoms with Gasteiger partial charge in [-0.05, 0) is 25.0 Å². The third kappa shape index (κ3) is 7.10. The molecule has 0 aliphatic rings. The molecule has 0 spiro atoms. The number of benzene rings is 1. The molecule has 0 aliphatic carbocycles. The summed E-state index contributed by atoms with van der Waals surface area (Å²) in [7, 11) is 0. The van der Waals surface area contributed by atoms with Crippen molar-refractivity contribution in [2.45, 2.75) is 72.1 Å². The maximum absolute atomic E-state index is 12.9. The molecular formula is C24H35ClN4O2. The van der Waals surface area contributed by atoms with Crippen molar-refractivity contribution in [3.8, 4) is 5.69 Å². The van der Waals surface area contributed by atoms with E-state index in [2.05, 4.69) is 33.0 Å². The van der Waals surface area contributed by atoms with Gasteiger partial charge in [-0.2, -0.15) is 5.10 Å². The molecule has 0 bridgehead atoms. The van der Waals surface area contributed by atoms with E-state index in [9.17, 15) is 9.59 Å². The standard InChI is InChI=1S/C24H35ClN4O2/c1-6-8-11-15-28(23(31)12-7-2)17-22(30)26-21-16-20(24(3,4)5)27-29(21)19-14-10-9-13-18(19)25/h9-10,13-14,16H,6-8,11-12,15,17H2,1-5H3,(H,26,30). The molecule has 1 heterocycles. The average Bonchev–Trinajstić information content (AvgIpc) is 3.11. The smallest absolute Gasteiger partial charge is 0.245 e. The monoisotopic (exact) mass is 446 g/mol. The highest BCUT2D eigenvalue weighted by Crippen LogP contribution is 2.29. The number of nitrogens with zero attached hydrogens (tertiary/aromatic N) is 3.